The standard InChI is InChI=1S/C25H17ClFIN2O6/c1-2-34-22-11-14(9-20(28)23(22)35-13-15-5-3-4-6-19(15)27)10-21-25(31)36-24(29-21)17-12-16(30(32)33)7-8-18(17)26/h3-12H,2,13H2,1H3/b21-10-. The quantitative estimate of drug-likeness (QED) is 0.0959. The highest BCUT2D eigenvalue weighted by atomic mass is 127. The number of aliphatic imine (C=N–C) groups is 1. The third-order valence-corrected chi connectivity index (χ3v) is 6.11. The molecule has 1 aliphatic heterocycles. The number of esters is 1. The zero-order chi connectivity index (χ0) is 25.8. The number of hydrogen-bond donors (Lipinski definition) is 0. The van der Waals surface area contributed by atoms with Crippen LogP contribution in [-0.2, 0) is 16.1 Å². The molecule has 8 nitrogen and oxygen atoms in total. The van der Waals surface area contributed by atoms with E-state index in [1.54, 1.807) is 30.3 Å². The van der Waals surface area contributed by atoms with E-state index in [-0.39, 0.29) is 40.3 Å². The predicted molar refractivity (Wildman–Crippen MR) is 140 cm³/mol. The summed E-state index contributed by atoms with van der Waals surface area (Å²) in [5, 5.41) is 11.3. The van der Waals surface area contributed by atoms with Crippen molar-refractivity contribution in [3.63, 3.8) is 0 Å². The summed E-state index contributed by atoms with van der Waals surface area (Å²) in [5.41, 5.74) is 0.864. The van der Waals surface area contributed by atoms with Crippen molar-refractivity contribution in [3.05, 3.63) is 102 Å². The summed E-state index contributed by atoms with van der Waals surface area (Å²) in [6, 6.07) is 13.5. The Morgan fingerprint density at radius 1 is 1.19 bits per heavy atom. The van der Waals surface area contributed by atoms with Crippen molar-refractivity contribution in [1.82, 2.24) is 0 Å². The van der Waals surface area contributed by atoms with Crippen molar-refractivity contribution in [3.8, 4) is 11.5 Å². The average Bonchev–Trinajstić information content (AvgIpc) is 3.19. The number of benzene rings is 3. The molecule has 3 aromatic rings. The van der Waals surface area contributed by atoms with Gasteiger partial charge in [-0.1, -0.05) is 29.8 Å². The summed E-state index contributed by atoms with van der Waals surface area (Å²) < 4.78 is 31.5. The maximum Gasteiger partial charge on any atom is 0.363 e. The number of nitrogens with zero attached hydrogens (tertiary/aromatic N) is 2. The van der Waals surface area contributed by atoms with Crippen LogP contribution in [0.2, 0.25) is 5.02 Å². The largest absolute Gasteiger partial charge is 0.490 e. The molecule has 1 aliphatic rings. The molecule has 0 saturated heterocycles. The summed E-state index contributed by atoms with van der Waals surface area (Å²) in [7, 11) is 0. The highest BCUT2D eigenvalue weighted by molar-refractivity contribution is 14.1. The van der Waals surface area contributed by atoms with Gasteiger partial charge in [-0.3, -0.25) is 10.1 Å². The van der Waals surface area contributed by atoms with Gasteiger partial charge in [-0.15, -0.1) is 0 Å². The first-order valence-corrected chi connectivity index (χ1v) is 12.0. The van der Waals surface area contributed by atoms with Gasteiger partial charge in [0.2, 0.25) is 5.90 Å². The van der Waals surface area contributed by atoms with E-state index in [1.165, 1.54) is 30.3 Å². The fourth-order valence-corrected chi connectivity index (χ4v) is 4.29. The van der Waals surface area contributed by atoms with Crippen LogP contribution >= 0.6 is 34.2 Å². The molecule has 0 radical (unpaired) electrons. The number of halogens is 3. The molecule has 0 bridgehead atoms. The molecule has 1 heterocycles. The van der Waals surface area contributed by atoms with Crippen LogP contribution in [0.25, 0.3) is 6.08 Å². The summed E-state index contributed by atoms with van der Waals surface area (Å²) in [4.78, 5) is 27.2. The van der Waals surface area contributed by atoms with Crippen LogP contribution in [0.1, 0.15) is 23.6 Å². The number of ether oxygens (including phenoxy) is 3. The fraction of sp³-hybridized carbons (Fsp3) is 0.120. The van der Waals surface area contributed by atoms with Crippen molar-refractivity contribution in [2.45, 2.75) is 13.5 Å². The molecule has 0 fully saturated rings. The van der Waals surface area contributed by atoms with Crippen LogP contribution in [-0.4, -0.2) is 23.4 Å². The minimum absolute atomic E-state index is 0.00708. The molecule has 184 valence electrons. The van der Waals surface area contributed by atoms with Gasteiger partial charge in [0.1, 0.15) is 12.4 Å². The van der Waals surface area contributed by atoms with E-state index >= 15 is 0 Å². The van der Waals surface area contributed by atoms with E-state index in [1.807, 2.05) is 6.92 Å². The molecule has 0 atom stereocenters. The molecule has 0 N–H and O–H groups in total. The van der Waals surface area contributed by atoms with Crippen LogP contribution in [0.15, 0.2) is 65.3 Å². The van der Waals surface area contributed by atoms with Gasteiger partial charge in [-0.25, -0.2) is 14.2 Å². The molecule has 0 unspecified atom stereocenters. The maximum absolute atomic E-state index is 14.0. The summed E-state index contributed by atoms with van der Waals surface area (Å²) in [6.07, 6.45) is 1.49. The Bertz CT molecular complexity index is 1430. The molecule has 0 amide bonds. The van der Waals surface area contributed by atoms with Crippen LogP contribution in [0.4, 0.5) is 10.1 Å². The number of rotatable bonds is 8. The van der Waals surface area contributed by atoms with Gasteiger partial charge < -0.3 is 14.2 Å². The molecule has 0 aliphatic carbocycles. The molecule has 0 saturated carbocycles. The topological polar surface area (TPSA) is 100 Å². The third-order valence-electron chi connectivity index (χ3n) is 4.98. The smallest absolute Gasteiger partial charge is 0.363 e. The van der Waals surface area contributed by atoms with E-state index in [9.17, 15) is 19.3 Å². The van der Waals surface area contributed by atoms with E-state index in [2.05, 4.69) is 27.6 Å². The minimum atomic E-state index is -0.736. The Hall–Kier alpha value is -3.51. The van der Waals surface area contributed by atoms with Gasteiger partial charge in [0.25, 0.3) is 5.69 Å². The van der Waals surface area contributed by atoms with Gasteiger partial charge in [-0.2, -0.15) is 0 Å². The minimum Gasteiger partial charge on any atom is -0.490 e. The van der Waals surface area contributed by atoms with Gasteiger partial charge >= 0.3 is 5.97 Å². The molecule has 4 rings (SSSR count). The zero-order valence-electron chi connectivity index (χ0n) is 18.7. The Kier molecular flexibility index (Phi) is 7.85. The molecule has 3 aromatic carbocycles. The first-order valence-electron chi connectivity index (χ1n) is 10.6. The van der Waals surface area contributed by atoms with Crippen LogP contribution in [0, 0.1) is 19.5 Å². The molecule has 0 aromatic heterocycles. The SMILES string of the molecule is CCOc1cc(/C=C2\N=C(c3cc([N+](=O)[O-])ccc3Cl)OC2=O)cc(I)c1OCc1ccccc1F. The van der Waals surface area contributed by atoms with Crippen molar-refractivity contribution >= 4 is 57.8 Å². The van der Waals surface area contributed by atoms with Crippen molar-refractivity contribution in [2.75, 3.05) is 6.61 Å². The Balaban J connectivity index is 1.65. The predicted octanol–water partition coefficient (Wildman–Crippen LogP) is 6.31. The molecule has 0 spiro atoms. The van der Waals surface area contributed by atoms with E-state index in [0.29, 0.717) is 32.8 Å². The maximum atomic E-state index is 14.0. The lowest BCUT2D eigenvalue weighted by molar-refractivity contribution is -0.384. The summed E-state index contributed by atoms with van der Waals surface area (Å²) >= 11 is 8.21. The van der Waals surface area contributed by atoms with Gasteiger partial charge in [0.05, 0.1) is 25.7 Å². The Morgan fingerprint density at radius 3 is 2.69 bits per heavy atom. The van der Waals surface area contributed by atoms with E-state index in [4.69, 9.17) is 25.8 Å². The van der Waals surface area contributed by atoms with Crippen LogP contribution in [0.5, 0.6) is 11.5 Å². The Morgan fingerprint density at radius 2 is 1.97 bits per heavy atom. The highest BCUT2D eigenvalue weighted by Crippen LogP contribution is 2.36. The number of nitro groups is 1. The fourth-order valence-electron chi connectivity index (χ4n) is 3.31. The molecule has 36 heavy (non-hydrogen) atoms. The third kappa shape index (κ3) is 5.65. The highest BCUT2D eigenvalue weighted by Gasteiger charge is 2.27. The van der Waals surface area contributed by atoms with E-state index in [0.717, 1.165) is 0 Å². The lowest BCUT2D eigenvalue weighted by Gasteiger charge is -2.15. The van der Waals surface area contributed by atoms with E-state index < -0.39 is 10.9 Å². The number of hydrogen-bond acceptors (Lipinski definition) is 7. The van der Waals surface area contributed by atoms with Crippen molar-refractivity contribution in [1.29, 1.82) is 0 Å². The van der Waals surface area contributed by atoms with Gasteiger partial charge in [0.15, 0.2) is 17.2 Å². The second-order valence-corrected chi connectivity index (χ2v) is 8.97. The first kappa shape index (κ1) is 25.6. The average molecular weight is 623 g/mol. The zero-order valence-corrected chi connectivity index (χ0v) is 21.6. The molecular formula is C25H17ClFIN2O6. The summed E-state index contributed by atoms with van der Waals surface area (Å²) in [6.45, 7) is 2.17. The number of cyclic esters (lactones) is 1. The van der Waals surface area contributed by atoms with Gasteiger partial charge in [0, 0.05) is 17.7 Å². The monoisotopic (exact) mass is 622 g/mol. The molecular weight excluding hydrogens is 606 g/mol. The second kappa shape index (κ2) is 11.0. The number of nitro benzene ring substituents is 1. The van der Waals surface area contributed by atoms with Crippen LogP contribution in [0.3, 0.4) is 0 Å². The lowest BCUT2D eigenvalue weighted by Crippen LogP contribution is -2.06. The van der Waals surface area contributed by atoms with Crippen molar-refractivity contribution < 1.29 is 28.3 Å². The second-order valence-electron chi connectivity index (χ2n) is 7.40. The lowest BCUT2D eigenvalue weighted by atomic mass is 10.1. The van der Waals surface area contributed by atoms with Crippen LogP contribution < -0.4 is 9.47 Å². The summed E-state index contributed by atoms with van der Waals surface area (Å²) in [5.74, 6) is -0.400. The molecule has 11 heteroatoms. The number of carbonyl (C=O) groups is 1. The first-order chi connectivity index (χ1) is 17.3. The Labute approximate surface area is 223 Å². The van der Waals surface area contributed by atoms with Crippen molar-refractivity contribution in [2.24, 2.45) is 4.99 Å². The normalized spacial score (nSPS) is 13.9. The number of carbonyl (C=O) groups excluding carboxylic acids is 1. The number of non-ortho nitro benzene ring substituents is 1. The van der Waals surface area contributed by atoms with Gasteiger partial charge in [-0.05, 0) is 65.4 Å².